The molecule has 0 bridgehead atoms. The van der Waals surface area contributed by atoms with Gasteiger partial charge in [0.05, 0.1) is 22.4 Å². The van der Waals surface area contributed by atoms with Crippen LogP contribution in [0.4, 0.5) is 0 Å². The zero-order valence-corrected chi connectivity index (χ0v) is 10.5. The molecule has 3 rings (SSSR count). The number of nitrogens with zero attached hydrogens (tertiary/aromatic N) is 1. The highest BCUT2D eigenvalue weighted by molar-refractivity contribution is 7.92. The molecule has 0 aromatic carbocycles. The molecule has 2 aliphatic rings. The summed E-state index contributed by atoms with van der Waals surface area (Å²) < 4.78 is 23.5. The van der Waals surface area contributed by atoms with E-state index >= 15 is 0 Å². The largest absolute Gasteiger partial charge is 0.345 e. The fourth-order valence-corrected chi connectivity index (χ4v) is 4.52. The van der Waals surface area contributed by atoms with Crippen molar-refractivity contribution in [3.05, 3.63) is 17.2 Å². The Morgan fingerprint density at radius 1 is 1.41 bits per heavy atom. The Morgan fingerprint density at radius 2 is 2.29 bits per heavy atom. The van der Waals surface area contributed by atoms with Gasteiger partial charge in [-0.2, -0.15) is 0 Å². The molecule has 1 aromatic heterocycles. The molecule has 6 heteroatoms. The van der Waals surface area contributed by atoms with Crippen molar-refractivity contribution in [2.75, 3.05) is 12.3 Å². The van der Waals surface area contributed by atoms with Crippen molar-refractivity contribution >= 4 is 9.84 Å². The number of nitrogens with one attached hydrogen (secondary N) is 2. The molecule has 3 heterocycles. The molecule has 0 radical (unpaired) electrons. The Bertz CT molecular complexity index is 497. The first kappa shape index (κ1) is 11.2. The van der Waals surface area contributed by atoms with Gasteiger partial charge in [-0.3, -0.25) is 0 Å². The molecular weight excluding hydrogens is 238 g/mol. The summed E-state index contributed by atoms with van der Waals surface area (Å²) >= 11 is 0. The van der Waals surface area contributed by atoms with Crippen LogP contribution in [0.25, 0.3) is 0 Å². The SMILES string of the molecule is O=S1(=O)CCCC1Cc1nc2c([nH]1)CNCC2. The van der Waals surface area contributed by atoms with Crippen molar-refractivity contribution in [2.45, 2.75) is 37.5 Å². The van der Waals surface area contributed by atoms with Gasteiger partial charge >= 0.3 is 0 Å². The number of hydrogen-bond acceptors (Lipinski definition) is 4. The van der Waals surface area contributed by atoms with Crippen LogP contribution < -0.4 is 5.32 Å². The summed E-state index contributed by atoms with van der Waals surface area (Å²) in [6, 6.07) is 0. The van der Waals surface area contributed by atoms with Crippen LogP contribution in [-0.4, -0.2) is 35.9 Å². The average molecular weight is 255 g/mol. The van der Waals surface area contributed by atoms with Crippen LogP contribution in [0, 0.1) is 0 Å². The number of hydrogen-bond donors (Lipinski definition) is 2. The highest BCUT2D eigenvalue weighted by atomic mass is 32.2. The van der Waals surface area contributed by atoms with Gasteiger partial charge < -0.3 is 10.3 Å². The molecule has 1 saturated heterocycles. The quantitative estimate of drug-likeness (QED) is 0.790. The van der Waals surface area contributed by atoms with Crippen LogP contribution in [0.1, 0.15) is 30.1 Å². The Hall–Kier alpha value is -0.880. The first-order valence-corrected chi connectivity index (χ1v) is 7.85. The van der Waals surface area contributed by atoms with Crippen molar-refractivity contribution in [1.29, 1.82) is 0 Å². The lowest BCUT2D eigenvalue weighted by atomic mass is 10.2. The lowest BCUT2D eigenvalue weighted by molar-refractivity contribution is 0.586. The van der Waals surface area contributed by atoms with E-state index in [1.807, 2.05) is 0 Å². The number of aromatic amines is 1. The molecule has 17 heavy (non-hydrogen) atoms. The molecule has 1 aromatic rings. The second kappa shape index (κ2) is 4.10. The van der Waals surface area contributed by atoms with Gasteiger partial charge in [0.15, 0.2) is 9.84 Å². The van der Waals surface area contributed by atoms with E-state index in [4.69, 9.17) is 0 Å². The fourth-order valence-electron chi connectivity index (χ4n) is 2.68. The molecule has 5 nitrogen and oxygen atoms in total. The van der Waals surface area contributed by atoms with E-state index in [0.717, 1.165) is 49.6 Å². The number of H-pyrrole nitrogens is 1. The molecular formula is C11H17N3O2S. The lowest BCUT2D eigenvalue weighted by Gasteiger charge is -2.09. The number of sulfone groups is 1. The van der Waals surface area contributed by atoms with E-state index in [-0.39, 0.29) is 5.25 Å². The van der Waals surface area contributed by atoms with Crippen molar-refractivity contribution in [1.82, 2.24) is 15.3 Å². The van der Waals surface area contributed by atoms with Crippen molar-refractivity contribution in [3.63, 3.8) is 0 Å². The minimum absolute atomic E-state index is 0.219. The fraction of sp³-hybridized carbons (Fsp3) is 0.727. The van der Waals surface area contributed by atoms with Crippen LogP contribution in [0.5, 0.6) is 0 Å². The van der Waals surface area contributed by atoms with Gasteiger partial charge in [0.25, 0.3) is 0 Å². The molecule has 0 spiro atoms. The summed E-state index contributed by atoms with van der Waals surface area (Å²) in [7, 11) is -2.86. The monoisotopic (exact) mass is 255 g/mol. The first-order chi connectivity index (χ1) is 8.15. The van der Waals surface area contributed by atoms with Gasteiger partial charge in [-0.1, -0.05) is 0 Å². The zero-order chi connectivity index (χ0) is 11.9. The second-order valence-electron chi connectivity index (χ2n) is 4.87. The number of rotatable bonds is 2. The van der Waals surface area contributed by atoms with E-state index in [1.165, 1.54) is 0 Å². The maximum Gasteiger partial charge on any atom is 0.153 e. The topological polar surface area (TPSA) is 74.8 Å². The molecule has 1 unspecified atom stereocenters. The van der Waals surface area contributed by atoms with Crippen molar-refractivity contribution < 1.29 is 8.42 Å². The zero-order valence-electron chi connectivity index (χ0n) is 9.70. The van der Waals surface area contributed by atoms with Crippen LogP contribution in [0.15, 0.2) is 0 Å². The molecule has 0 saturated carbocycles. The molecule has 94 valence electrons. The Morgan fingerprint density at radius 3 is 3.00 bits per heavy atom. The smallest absolute Gasteiger partial charge is 0.153 e. The summed E-state index contributed by atoms with van der Waals surface area (Å²) in [6.07, 6.45) is 3.07. The van der Waals surface area contributed by atoms with Gasteiger partial charge in [0.1, 0.15) is 5.82 Å². The van der Waals surface area contributed by atoms with E-state index < -0.39 is 9.84 Å². The normalized spacial score (nSPS) is 26.9. The van der Waals surface area contributed by atoms with E-state index in [9.17, 15) is 8.42 Å². The minimum atomic E-state index is -2.86. The van der Waals surface area contributed by atoms with E-state index in [2.05, 4.69) is 15.3 Å². The molecule has 0 amide bonds. The van der Waals surface area contributed by atoms with Gasteiger partial charge in [-0.15, -0.1) is 0 Å². The number of imidazole rings is 1. The summed E-state index contributed by atoms with van der Waals surface area (Å²) in [5, 5.41) is 3.06. The molecule has 1 atom stereocenters. The summed E-state index contributed by atoms with van der Waals surface area (Å²) in [5.41, 5.74) is 2.23. The third kappa shape index (κ3) is 2.11. The summed E-state index contributed by atoms with van der Waals surface area (Å²) in [4.78, 5) is 7.78. The second-order valence-corrected chi connectivity index (χ2v) is 7.27. The van der Waals surface area contributed by atoms with Gasteiger partial charge in [0.2, 0.25) is 0 Å². The maximum absolute atomic E-state index is 11.8. The highest BCUT2D eigenvalue weighted by Crippen LogP contribution is 2.23. The third-order valence-corrected chi connectivity index (χ3v) is 5.91. The van der Waals surface area contributed by atoms with Gasteiger partial charge in [-0.05, 0) is 12.8 Å². The lowest BCUT2D eigenvalue weighted by Crippen LogP contribution is -2.23. The predicted molar refractivity (Wildman–Crippen MR) is 64.5 cm³/mol. The van der Waals surface area contributed by atoms with Crippen LogP contribution in [0.2, 0.25) is 0 Å². The first-order valence-electron chi connectivity index (χ1n) is 6.14. The third-order valence-electron chi connectivity index (χ3n) is 3.64. The van der Waals surface area contributed by atoms with Gasteiger partial charge in [0, 0.05) is 25.9 Å². The number of fused-ring (bicyclic) bond motifs is 1. The molecule has 2 N–H and O–H groups in total. The predicted octanol–water partition coefficient (Wildman–Crippen LogP) is 0.175. The molecule has 2 aliphatic heterocycles. The Balaban J connectivity index is 1.79. The Labute approximate surface area is 101 Å². The van der Waals surface area contributed by atoms with Crippen molar-refractivity contribution in [3.8, 4) is 0 Å². The molecule has 1 fully saturated rings. The van der Waals surface area contributed by atoms with Crippen LogP contribution in [-0.2, 0) is 29.2 Å². The maximum atomic E-state index is 11.8. The standard InChI is InChI=1S/C11H17N3O2S/c15-17(16)5-1-2-8(17)6-11-13-9-3-4-12-7-10(9)14-11/h8,12H,1-7H2,(H,13,14). The van der Waals surface area contributed by atoms with E-state index in [1.54, 1.807) is 0 Å². The van der Waals surface area contributed by atoms with Gasteiger partial charge in [-0.25, -0.2) is 13.4 Å². The Kier molecular flexibility index (Phi) is 2.71. The van der Waals surface area contributed by atoms with Crippen molar-refractivity contribution in [2.24, 2.45) is 0 Å². The summed E-state index contributed by atoms with van der Waals surface area (Å²) in [5.74, 6) is 1.19. The minimum Gasteiger partial charge on any atom is -0.345 e. The van der Waals surface area contributed by atoms with Crippen LogP contribution >= 0.6 is 0 Å². The summed E-state index contributed by atoms with van der Waals surface area (Å²) in [6.45, 7) is 1.78. The van der Waals surface area contributed by atoms with E-state index in [0.29, 0.717) is 12.2 Å². The highest BCUT2D eigenvalue weighted by Gasteiger charge is 2.32. The number of aromatic nitrogens is 2. The molecule has 0 aliphatic carbocycles. The van der Waals surface area contributed by atoms with Crippen LogP contribution in [0.3, 0.4) is 0 Å². The average Bonchev–Trinajstić information content (AvgIpc) is 2.82.